The third kappa shape index (κ3) is 2.56. The van der Waals surface area contributed by atoms with Gasteiger partial charge in [0.1, 0.15) is 0 Å². The summed E-state index contributed by atoms with van der Waals surface area (Å²) in [6.45, 7) is 3.32. The topological polar surface area (TPSA) is 29.5 Å². The van der Waals surface area contributed by atoms with E-state index in [1.165, 1.54) is 0 Å². The molecule has 1 aromatic carbocycles. The van der Waals surface area contributed by atoms with E-state index in [1.54, 1.807) is 5.06 Å². The van der Waals surface area contributed by atoms with Crippen LogP contribution in [0, 0.1) is 17.8 Å². The summed E-state index contributed by atoms with van der Waals surface area (Å²) >= 11 is 0. The predicted octanol–water partition coefficient (Wildman–Crippen LogP) is 2.79. The molecule has 1 fully saturated rings. The number of carbonyl (C=O) groups excluding carboxylic acids is 1. The molecular formula is C16H19NO2. The first-order valence-corrected chi connectivity index (χ1v) is 6.90. The quantitative estimate of drug-likeness (QED) is 0.762. The number of hydrogen-bond donors (Lipinski definition) is 0. The molecule has 3 heteroatoms. The van der Waals surface area contributed by atoms with Crippen LogP contribution in [0.3, 0.4) is 0 Å². The van der Waals surface area contributed by atoms with Crippen LogP contribution in [0.1, 0.15) is 18.9 Å². The van der Waals surface area contributed by atoms with Crippen molar-refractivity contribution >= 4 is 5.91 Å². The summed E-state index contributed by atoms with van der Waals surface area (Å²) in [6.07, 6.45) is 5.29. The molecule has 3 atom stereocenters. The van der Waals surface area contributed by atoms with E-state index < -0.39 is 0 Å². The molecule has 1 heterocycles. The van der Waals surface area contributed by atoms with E-state index in [9.17, 15) is 4.79 Å². The zero-order valence-electron chi connectivity index (χ0n) is 11.2. The maximum atomic E-state index is 12.5. The summed E-state index contributed by atoms with van der Waals surface area (Å²) in [5.74, 6) is 0.978. The van der Waals surface area contributed by atoms with Crippen molar-refractivity contribution in [1.29, 1.82) is 0 Å². The summed E-state index contributed by atoms with van der Waals surface area (Å²) in [7, 11) is 0. The third-order valence-electron chi connectivity index (χ3n) is 3.98. The van der Waals surface area contributed by atoms with Crippen LogP contribution in [-0.4, -0.2) is 17.6 Å². The van der Waals surface area contributed by atoms with Crippen molar-refractivity contribution in [3.63, 3.8) is 0 Å². The average Bonchev–Trinajstić information content (AvgIpc) is 2.44. The molecule has 0 unspecified atom stereocenters. The molecule has 2 aliphatic rings. The molecular weight excluding hydrogens is 238 g/mol. The Morgan fingerprint density at radius 3 is 2.84 bits per heavy atom. The lowest BCUT2D eigenvalue weighted by molar-refractivity contribution is -0.218. The van der Waals surface area contributed by atoms with Crippen molar-refractivity contribution in [2.45, 2.75) is 19.9 Å². The summed E-state index contributed by atoms with van der Waals surface area (Å²) in [4.78, 5) is 18.1. The third-order valence-corrected chi connectivity index (χ3v) is 3.98. The molecule has 1 saturated heterocycles. The Morgan fingerprint density at radius 2 is 2.05 bits per heavy atom. The Bertz CT molecular complexity index is 483. The van der Waals surface area contributed by atoms with Crippen molar-refractivity contribution in [1.82, 2.24) is 5.06 Å². The van der Waals surface area contributed by atoms with Gasteiger partial charge in [-0.25, -0.2) is 5.06 Å². The Labute approximate surface area is 113 Å². The number of benzene rings is 1. The van der Waals surface area contributed by atoms with E-state index in [1.807, 2.05) is 30.3 Å². The number of hydrogen-bond acceptors (Lipinski definition) is 2. The Balaban J connectivity index is 1.72. The number of hydroxylamine groups is 2. The van der Waals surface area contributed by atoms with Crippen LogP contribution in [0.15, 0.2) is 42.5 Å². The molecule has 1 amide bonds. The predicted molar refractivity (Wildman–Crippen MR) is 72.8 cm³/mol. The highest BCUT2D eigenvalue weighted by molar-refractivity contribution is 5.79. The van der Waals surface area contributed by atoms with E-state index >= 15 is 0 Å². The van der Waals surface area contributed by atoms with Gasteiger partial charge < -0.3 is 0 Å². The number of allylic oxidation sites excluding steroid dienone is 1. The van der Waals surface area contributed by atoms with Gasteiger partial charge in [-0.05, 0) is 17.9 Å². The van der Waals surface area contributed by atoms with Crippen molar-refractivity contribution < 1.29 is 9.63 Å². The largest absolute Gasteiger partial charge is 0.272 e. The molecule has 0 aromatic heterocycles. The molecule has 1 aromatic rings. The normalized spacial score (nSPS) is 30.3. The number of nitrogens with zero attached hydrogens (tertiary/aromatic N) is 1. The molecule has 0 N–H and O–H groups in total. The molecule has 3 nitrogen and oxygen atoms in total. The fourth-order valence-electron chi connectivity index (χ4n) is 2.87. The van der Waals surface area contributed by atoms with Crippen LogP contribution in [0.5, 0.6) is 0 Å². The first-order valence-electron chi connectivity index (χ1n) is 6.90. The van der Waals surface area contributed by atoms with Crippen LogP contribution in [-0.2, 0) is 16.2 Å². The van der Waals surface area contributed by atoms with Gasteiger partial charge in [-0.1, -0.05) is 49.4 Å². The minimum absolute atomic E-state index is 0.0949. The highest BCUT2D eigenvalue weighted by atomic mass is 16.7. The minimum Gasteiger partial charge on any atom is -0.272 e. The highest BCUT2D eigenvalue weighted by Crippen LogP contribution is 2.33. The molecule has 100 valence electrons. The fraction of sp³-hybridized carbons (Fsp3) is 0.438. The van der Waals surface area contributed by atoms with Crippen molar-refractivity contribution in [3.8, 4) is 0 Å². The molecule has 1 aliphatic carbocycles. The Kier molecular flexibility index (Phi) is 3.38. The van der Waals surface area contributed by atoms with Crippen LogP contribution in [0.4, 0.5) is 0 Å². The SMILES string of the molecule is C[C@H]1C=C[C@H]2CON(Cc3ccccc3)C(=O)[C@H]2C1. The van der Waals surface area contributed by atoms with Gasteiger partial charge in [0.05, 0.1) is 13.2 Å². The van der Waals surface area contributed by atoms with Crippen molar-refractivity contribution in [2.75, 3.05) is 6.61 Å². The smallest absolute Gasteiger partial charge is 0.250 e. The molecule has 0 spiro atoms. The first-order chi connectivity index (χ1) is 9.24. The van der Waals surface area contributed by atoms with E-state index in [0.29, 0.717) is 19.1 Å². The lowest BCUT2D eigenvalue weighted by Gasteiger charge is -2.38. The van der Waals surface area contributed by atoms with E-state index in [2.05, 4.69) is 19.1 Å². The number of amides is 1. The minimum atomic E-state index is 0.0949. The monoisotopic (exact) mass is 257 g/mol. The molecule has 19 heavy (non-hydrogen) atoms. The number of carbonyl (C=O) groups is 1. The van der Waals surface area contributed by atoms with Crippen LogP contribution in [0.25, 0.3) is 0 Å². The van der Waals surface area contributed by atoms with Gasteiger partial charge in [0, 0.05) is 11.8 Å². The zero-order valence-corrected chi connectivity index (χ0v) is 11.2. The van der Waals surface area contributed by atoms with Gasteiger partial charge in [0.2, 0.25) is 5.91 Å². The second-order valence-corrected chi connectivity index (χ2v) is 5.52. The zero-order chi connectivity index (χ0) is 13.2. The van der Waals surface area contributed by atoms with Gasteiger partial charge >= 0.3 is 0 Å². The molecule has 1 aliphatic heterocycles. The molecule has 0 bridgehead atoms. The van der Waals surface area contributed by atoms with Crippen molar-refractivity contribution in [3.05, 3.63) is 48.0 Å². The van der Waals surface area contributed by atoms with E-state index in [0.717, 1.165) is 12.0 Å². The van der Waals surface area contributed by atoms with Gasteiger partial charge in [0.15, 0.2) is 0 Å². The molecule has 0 radical (unpaired) electrons. The van der Waals surface area contributed by atoms with Crippen LogP contribution >= 0.6 is 0 Å². The van der Waals surface area contributed by atoms with Gasteiger partial charge in [-0.2, -0.15) is 0 Å². The summed E-state index contributed by atoms with van der Waals surface area (Å²) < 4.78 is 0. The Hall–Kier alpha value is -1.61. The first kappa shape index (κ1) is 12.4. The fourth-order valence-corrected chi connectivity index (χ4v) is 2.87. The lowest BCUT2D eigenvalue weighted by Crippen LogP contribution is -2.47. The van der Waals surface area contributed by atoms with Crippen LogP contribution in [0.2, 0.25) is 0 Å². The summed E-state index contributed by atoms with van der Waals surface area (Å²) in [5, 5.41) is 1.54. The maximum absolute atomic E-state index is 12.5. The molecule has 3 rings (SSSR count). The van der Waals surface area contributed by atoms with Gasteiger partial charge in [-0.15, -0.1) is 0 Å². The standard InChI is InChI=1S/C16H19NO2/c1-12-7-8-14-11-19-17(16(18)15(14)9-12)10-13-5-3-2-4-6-13/h2-8,12,14-15H,9-11H2,1H3/t12-,14-,15-/m0/s1. The van der Waals surface area contributed by atoms with Gasteiger partial charge in [-0.3, -0.25) is 9.63 Å². The Morgan fingerprint density at radius 1 is 1.26 bits per heavy atom. The average molecular weight is 257 g/mol. The summed E-state index contributed by atoms with van der Waals surface area (Å²) in [5.41, 5.74) is 1.11. The number of fused-ring (bicyclic) bond motifs is 1. The highest BCUT2D eigenvalue weighted by Gasteiger charge is 2.38. The second kappa shape index (κ2) is 5.17. The lowest BCUT2D eigenvalue weighted by atomic mass is 9.79. The molecule has 0 saturated carbocycles. The van der Waals surface area contributed by atoms with E-state index in [-0.39, 0.29) is 17.7 Å². The van der Waals surface area contributed by atoms with Gasteiger partial charge in [0.25, 0.3) is 0 Å². The number of rotatable bonds is 2. The summed E-state index contributed by atoms with van der Waals surface area (Å²) in [6, 6.07) is 9.99. The van der Waals surface area contributed by atoms with Crippen LogP contribution < -0.4 is 0 Å². The maximum Gasteiger partial charge on any atom is 0.250 e. The van der Waals surface area contributed by atoms with E-state index in [4.69, 9.17) is 4.84 Å². The second-order valence-electron chi connectivity index (χ2n) is 5.52. The van der Waals surface area contributed by atoms with Crippen molar-refractivity contribution in [2.24, 2.45) is 17.8 Å².